The van der Waals surface area contributed by atoms with Crippen LogP contribution in [0.1, 0.15) is 119 Å². The molecule has 6 fully saturated rings. The predicted molar refractivity (Wildman–Crippen MR) is 267 cm³/mol. The third-order valence-electron chi connectivity index (χ3n) is 19.8. The van der Waals surface area contributed by atoms with E-state index in [4.69, 9.17) is 38.3 Å². The first-order valence-electron chi connectivity index (χ1n) is 27.6. The van der Waals surface area contributed by atoms with E-state index in [-0.39, 0.29) is 36.7 Å². The smallest absolute Gasteiger partial charge is 0.317 e. The molecule has 25 nitrogen and oxygen atoms in total. The lowest BCUT2D eigenvalue weighted by Gasteiger charge is -2.69. The lowest BCUT2D eigenvalue weighted by Crippen LogP contribution is -2.68. The molecule has 7 rings (SSSR count). The lowest BCUT2D eigenvalue weighted by atomic mass is 9.34. The van der Waals surface area contributed by atoms with E-state index in [9.17, 15) is 80.8 Å². The van der Waals surface area contributed by atoms with E-state index in [2.05, 4.69) is 40.7 Å². The number of carbonyl (C=O) groups is 4. The number of fused-ring (bicyclic) bond motifs is 5. The molecule has 7 aliphatic rings. The second-order valence-corrected chi connectivity index (χ2v) is 25.5. The zero-order valence-corrected chi connectivity index (χ0v) is 46.0. The van der Waals surface area contributed by atoms with Crippen LogP contribution in [0.5, 0.6) is 0 Å². The minimum Gasteiger partial charge on any atom is -0.481 e. The molecular formula is C54H86O25. The fourth-order valence-corrected chi connectivity index (χ4v) is 15.1. The highest BCUT2D eigenvalue weighted by Crippen LogP contribution is 2.74. The van der Waals surface area contributed by atoms with Crippen LogP contribution in [0.15, 0.2) is 11.6 Å². The highest BCUT2D eigenvalue weighted by atomic mass is 16.8. The molecule has 0 spiro atoms. The summed E-state index contributed by atoms with van der Waals surface area (Å²) in [6.07, 6.45) is -25.7. The van der Waals surface area contributed by atoms with Gasteiger partial charge in [0.15, 0.2) is 12.6 Å². The van der Waals surface area contributed by atoms with Crippen molar-refractivity contribution in [1.29, 1.82) is 0 Å². The summed E-state index contributed by atoms with van der Waals surface area (Å²) in [4.78, 5) is 51.7. The average Bonchev–Trinajstić information content (AvgIpc) is 1.76. The van der Waals surface area contributed by atoms with Gasteiger partial charge in [0.25, 0.3) is 0 Å². The number of allylic oxidation sites excluding steroid dienone is 2. The van der Waals surface area contributed by atoms with Crippen molar-refractivity contribution in [3.05, 3.63) is 11.6 Å². The van der Waals surface area contributed by atoms with Crippen LogP contribution >= 0.6 is 0 Å². The Morgan fingerprint density at radius 3 is 1.96 bits per heavy atom. The van der Waals surface area contributed by atoms with Crippen LogP contribution in [0.2, 0.25) is 0 Å². The van der Waals surface area contributed by atoms with Crippen molar-refractivity contribution in [3.8, 4) is 0 Å². The molecule has 3 aliphatic heterocycles. The van der Waals surface area contributed by atoms with Gasteiger partial charge in [0.1, 0.15) is 85.3 Å². The summed E-state index contributed by atoms with van der Waals surface area (Å²) in [6, 6.07) is 0. The summed E-state index contributed by atoms with van der Waals surface area (Å²) in [5.41, 5.74) is -4.85. The standard InChI is InChI=1S/C54H86O25/c1-24(44(69)70)25-11-13-52(6)31(51(25,5)12-8-16-55)10-9-26-27-17-49(2,3)14-15-54(27,32(57)18-53(26,52)7)48(71)79-47-42(68)43(78-46-41(67)38(64)35(61)28(21-56)75-46)37(63)30(77-47)23-74-45-40(66)39(65)36(62)29(76-45)22-73-34(60)20-50(4,72)19-33(58)59/h9,24-25,27-32,35-43,45-47,55-57,61-68,72H,8,10-23H2,1-7H3,(H,58,59)(H,69,70). The Hall–Kier alpha value is -3.06. The molecule has 79 heavy (non-hydrogen) atoms. The molecule has 25 heteroatoms. The molecule has 25 atom stereocenters. The number of aliphatic hydroxyl groups is 12. The molecule has 14 N–H and O–H groups in total. The Morgan fingerprint density at radius 2 is 1.34 bits per heavy atom. The third-order valence-corrected chi connectivity index (χ3v) is 19.8. The van der Waals surface area contributed by atoms with Gasteiger partial charge in [0.05, 0.1) is 43.7 Å². The first kappa shape index (κ1) is 63.5. The molecule has 3 saturated carbocycles. The zero-order valence-electron chi connectivity index (χ0n) is 46.0. The fraction of sp³-hybridized carbons (Fsp3) is 0.889. The van der Waals surface area contributed by atoms with Crippen molar-refractivity contribution in [2.75, 3.05) is 26.4 Å². The number of aliphatic hydroxyl groups excluding tert-OH is 11. The fourth-order valence-electron chi connectivity index (χ4n) is 15.1. The molecule has 0 aromatic rings. The number of rotatable bonds is 19. The molecule has 3 saturated heterocycles. The van der Waals surface area contributed by atoms with E-state index < -0.39 is 194 Å². The summed E-state index contributed by atoms with van der Waals surface area (Å²) in [6.45, 7) is 10.8. The second kappa shape index (κ2) is 23.9. The van der Waals surface area contributed by atoms with Gasteiger partial charge in [0.2, 0.25) is 6.29 Å². The summed E-state index contributed by atoms with van der Waals surface area (Å²) >= 11 is 0. The van der Waals surface area contributed by atoms with Gasteiger partial charge in [-0.15, -0.1) is 0 Å². The van der Waals surface area contributed by atoms with E-state index in [0.717, 1.165) is 12.5 Å². The SMILES string of the molecule is CC(C(=O)O)C1CCC2(C)C(CC=C3C4CC(C)(C)CCC4(C(=O)OC4OC(COC5OC(COC(=O)CC(C)(O)CC(=O)O)C(O)C(O)C5O)C(O)C(OC5OC(CO)C(O)C(O)C5O)C4O)C(O)CC32C)C1(C)CCCO. The maximum Gasteiger partial charge on any atom is 0.317 e. The van der Waals surface area contributed by atoms with Crippen molar-refractivity contribution in [3.63, 3.8) is 0 Å². The average molecular weight is 1140 g/mol. The maximum absolute atomic E-state index is 15.5. The van der Waals surface area contributed by atoms with Gasteiger partial charge in [0, 0.05) is 6.61 Å². The Labute approximate surface area is 458 Å². The summed E-state index contributed by atoms with van der Waals surface area (Å²) in [5, 5.41) is 151. The van der Waals surface area contributed by atoms with E-state index >= 15 is 4.79 Å². The van der Waals surface area contributed by atoms with Gasteiger partial charge in [-0.1, -0.05) is 53.2 Å². The Kier molecular flexibility index (Phi) is 19.2. The van der Waals surface area contributed by atoms with Crippen molar-refractivity contribution < 1.29 is 124 Å². The van der Waals surface area contributed by atoms with E-state index in [1.54, 1.807) is 6.92 Å². The molecule has 452 valence electrons. The minimum absolute atomic E-state index is 0.0693. The number of aliphatic carboxylic acids is 2. The first-order chi connectivity index (χ1) is 36.7. The maximum atomic E-state index is 15.5. The van der Waals surface area contributed by atoms with Crippen LogP contribution in [0.4, 0.5) is 0 Å². The van der Waals surface area contributed by atoms with E-state index in [1.165, 1.54) is 0 Å². The minimum atomic E-state index is -2.15. The molecule has 0 aromatic carbocycles. The summed E-state index contributed by atoms with van der Waals surface area (Å²) in [7, 11) is 0. The number of hydrogen-bond acceptors (Lipinski definition) is 23. The number of esters is 2. The van der Waals surface area contributed by atoms with Crippen LogP contribution in [-0.4, -0.2) is 226 Å². The molecule has 0 amide bonds. The molecule has 4 aliphatic carbocycles. The van der Waals surface area contributed by atoms with Gasteiger partial charge in [-0.2, -0.15) is 0 Å². The van der Waals surface area contributed by atoms with Gasteiger partial charge in [-0.05, 0) is 104 Å². The Morgan fingerprint density at radius 1 is 0.734 bits per heavy atom. The van der Waals surface area contributed by atoms with Crippen molar-refractivity contribution in [2.45, 2.75) is 223 Å². The van der Waals surface area contributed by atoms with Gasteiger partial charge >= 0.3 is 23.9 Å². The van der Waals surface area contributed by atoms with Crippen LogP contribution in [-0.2, 0) is 52.3 Å². The zero-order chi connectivity index (χ0) is 58.7. The first-order valence-corrected chi connectivity index (χ1v) is 27.6. The number of carboxylic acid groups (broad SMARTS) is 2. The summed E-state index contributed by atoms with van der Waals surface area (Å²) < 4.78 is 40.3. The summed E-state index contributed by atoms with van der Waals surface area (Å²) in [5.74, 6) is -5.95. The molecule has 0 bridgehead atoms. The number of hydrogen-bond donors (Lipinski definition) is 14. The molecule has 25 unspecified atom stereocenters. The predicted octanol–water partition coefficient (Wildman–Crippen LogP) is -1.41. The number of carboxylic acids is 2. The third kappa shape index (κ3) is 11.9. The largest absolute Gasteiger partial charge is 0.481 e. The number of ether oxygens (including phenoxy) is 7. The monoisotopic (exact) mass is 1130 g/mol. The molecular weight excluding hydrogens is 1050 g/mol. The normalized spacial score (nSPS) is 46.0. The van der Waals surface area contributed by atoms with Crippen LogP contribution in [0, 0.1) is 50.7 Å². The van der Waals surface area contributed by atoms with Gasteiger partial charge in [-0.25, -0.2) is 0 Å². The molecule has 3 heterocycles. The van der Waals surface area contributed by atoms with Gasteiger partial charge in [-0.3, -0.25) is 19.2 Å². The van der Waals surface area contributed by atoms with Crippen molar-refractivity contribution >= 4 is 23.9 Å². The highest BCUT2D eigenvalue weighted by Gasteiger charge is 2.71. The van der Waals surface area contributed by atoms with Crippen molar-refractivity contribution in [1.82, 2.24) is 0 Å². The van der Waals surface area contributed by atoms with Gasteiger partial charge < -0.3 is 105 Å². The van der Waals surface area contributed by atoms with E-state index in [1.807, 2.05) is 0 Å². The quantitative estimate of drug-likeness (QED) is 0.0522. The van der Waals surface area contributed by atoms with Crippen molar-refractivity contribution in [2.24, 2.45) is 50.7 Å². The molecule has 0 radical (unpaired) electrons. The van der Waals surface area contributed by atoms with E-state index in [0.29, 0.717) is 44.9 Å². The van der Waals surface area contributed by atoms with Crippen LogP contribution < -0.4 is 0 Å². The highest BCUT2D eigenvalue weighted by molar-refractivity contribution is 5.80. The number of carbonyl (C=O) groups excluding carboxylic acids is 2. The Balaban J connectivity index is 1.18. The topological polar surface area (TPSA) is 416 Å². The molecule has 0 aromatic heterocycles. The lowest BCUT2D eigenvalue weighted by molar-refractivity contribution is -0.363. The second-order valence-electron chi connectivity index (χ2n) is 25.5. The van der Waals surface area contributed by atoms with Crippen LogP contribution in [0.3, 0.4) is 0 Å². The Bertz CT molecular complexity index is 2210. The van der Waals surface area contributed by atoms with Crippen LogP contribution in [0.25, 0.3) is 0 Å².